The van der Waals surface area contributed by atoms with Crippen molar-refractivity contribution in [1.82, 2.24) is 10.2 Å². The van der Waals surface area contributed by atoms with E-state index in [0.717, 1.165) is 17.2 Å². The standard InChI is InChI=1S/C13H13F2N3/c1-7-8(2)13(16-3)18-17-12(7)10-5-4-9(14)6-11(10)15/h4-6H,1-3H3,(H,16,18). The highest BCUT2D eigenvalue weighted by molar-refractivity contribution is 5.66. The molecule has 0 unspecified atom stereocenters. The molecule has 1 heterocycles. The lowest BCUT2D eigenvalue weighted by molar-refractivity contribution is 0.585. The van der Waals surface area contributed by atoms with Gasteiger partial charge in [-0.1, -0.05) is 0 Å². The van der Waals surface area contributed by atoms with Crippen LogP contribution in [0.15, 0.2) is 18.2 Å². The highest BCUT2D eigenvalue weighted by Gasteiger charge is 2.14. The Morgan fingerprint density at radius 1 is 1.06 bits per heavy atom. The fourth-order valence-electron chi connectivity index (χ4n) is 1.78. The summed E-state index contributed by atoms with van der Waals surface area (Å²) in [6.45, 7) is 3.71. The molecule has 2 aromatic rings. The Hall–Kier alpha value is -2.04. The lowest BCUT2D eigenvalue weighted by Gasteiger charge is -2.11. The molecule has 0 amide bonds. The van der Waals surface area contributed by atoms with E-state index in [4.69, 9.17) is 0 Å². The van der Waals surface area contributed by atoms with Gasteiger partial charge in [-0.15, -0.1) is 10.2 Å². The molecule has 1 aromatic heterocycles. The van der Waals surface area contributed by atoms with Gasteiger partial charge in [-0.2, -0.15) is 0 Å². The Kier molecular flexibility index (Phi) is 3.23. The summed E-state index contributed by atoms with van der Waals surface area (Å²) in [7, 11) is 1.74. The zero-order valence-corrected chi connectivity index (χ0v) is 10.4. The third kappa shape index (κ3) is 2.03. The molecule has 0 saturated carbocycles. The third-order valence-electron chi connectivity index (χ3n) is 2.95. The van der Waals surface area contributed by atoms with Gasteiger partial charge in [0, 0.05) is 18.7 Å². The average Bonchev–Trinajstić information content (AvgIpc) is 2.34. The van der Waals surface area contributed by atoms with Gasteiger partial charge in [-0.05, 0) is 37.1 Å². The number of halogens is 2. The summed E-state index contributed by atoms with van der Waals surface area (Å²) in [5, 5.41) is 10.9. The maximum Gasteiger partial charge on any atom is 0.151 e. The first-order chi connectivity index (χ1) is 8.54. The Morgan fingerprint density at radius 3 is 2.39 bits per heavy atom. The number of hydrogen-bond donors (Lipinski definition) is 1. The molecule has 3 nitrogen and oxygen atoms in total. The van der Waals surface area contributed by atoms with E-state index in [9.17, 15) is 8.78 Å². The molecule has 0 spiro atoms. The van der Waals surface area contributed by atoms with Crippen LogP contribution >= 0.6 is 0 Å². The van der Waals surface area contributed by atoms with E-state index in [1.807, 2.05) is 13.8 Å². The molecule has 0 bridgehead atoms. The molecule has 94 valence electrons. The van der Waals surface area contributed by atoms with E-state index in [2.05, 4.69) is 15.5 Å². The number of nitrogens with zero attached hydrogens (tertiary/aromatic N) is 2. The second-order valence-corrected chi connectivity index (χ2v) is 4.02. The van der Waals surface area contributed by atoms with E-state index in [0.29, 0.717) is 11.5 Å². The molecule has 0 aliphatic rings. The largest absolute Gasteiger partial charge is 0.371 e. The number of benzene rings is 1. The van der Waals surface area contributed by atoms with Gasteiger partial charge in [0.1, 0.15) is 11.6 Å². The minimum atomic E-state index is -0.635. The Bertz CT molecular complexity index is 597. The predicted octanol–water partition coefficient (Wildman–Crippen LogP) is 3.08. The molecular formula is C13H13F2N3. The minimum Gasteiger partial charge on any atom is -0.371 e. The zero-order chi connectivity index (χ0) is 13.3. The van der Waals surface area contributed by atoms with Gasteiger partial charge in [0.15, 0.2) is 5.82 Å². The van der Waals surface area contributed by atoms with Gasteiger partial charge in [0.25, 0.3) is 0 Å². The number of rotatable bonds is 2. The van der Waals surface area contributed by atoms with Gasteiger partial charge >= 0.3 is 0 Å². The summed E-state index contributed by atoms with van der Waals surface area (Å²) >= 11 is 0. The molecule has 2 rings (SSSR count). The van der Waals surface area contributed by atoms with Gasteiger partial charge < -0.3 is 5.32 Å². The second kappa shape index (κ2) is 4.68. The molecule has 5 heteroatoms. The molecular weight excluding hydrogens is 236 g/mol. The van der Waals surface area contributed by atoms with Crippen LogP contribution in [0.2, 0.25) is 0 Å². The van der Waals surface area contributed by atoms with Crippen LogP contribution < -0.4 is 5.32 Å². The van der Waals surface area contributed by atoms with Crippen LogP contribution in [0.1, 0.15) is 11.1 Å². The fourth-order valence-corrected chi connectivity index (χ4v) is 1.78. The molecule has 0 aliphatic heterocycles. The summed E-state index contributed by atoms with van der Waals surface area (Å²) in [6, 6.07) is 3.43. The van der Waals surface area contributed by atoms with Crippen LogP contribution in [0.25, 0.3) is 11.3 Å². The summed E-state index contributed by atoms with van der Waals surface area (Å²) in [5.74, 6) is -0.590. The molecule has 0 aliphatic carbocycles. The van der Waals surface area contributed by atoms with Crippen molar-refractivity contribution < 1.29 is 8.78 Å². The fraction of sp³-hybridized carbons (Fsp3) is 0.231. The molecule has 1 aromatic carbocycles. The first kappa shape index (κ1) is 12.4. The highest BCUT2D eigenvalue weighted by Crippen LogP contribution is 2.27. The summed E-state index contributed by atoms with van der Waals surface area (Å²) < 4.78 is 26.6. The summed E-state index contributed by atoms with van der Waals surface area (Å²) in [4.78, 5) is 0. The van der Waals surface area contributed by atoms with Crippen LogP contribution in [0.4, 0.5) is 14.6 Å². The van der Waals surface area contributed by atoms with Gasteiger partial charge in [-0.25, -0.2) is 8.78 Å². The van der Waals surface area contributed by atoms with Gasteiger partial charge in [0.05, 0.1) is 5.69 Å². The van der Waals surface area contributed by atoms with E-state index >= 15 is 0 Å². The normalized spacial score (nSPS) is 10.5. The number of nitrogens with one attached hydrogen (secondary N) is 1. The van der Waals surface area contributed by atoms with Crippen LogP contribution in [0.5, 0.6) is 0 Å². The molecule has 0 fully saturated rings. The Morgan fingerprint density at radius 2 is 1.78 bits per heavy atom. The first-order valence-electron chi connectivity index (χ1n) is 5.51. The van der Waals surface area contributed by atoms with E-state index < -0.39 is 11.6 Å². The molecule has 0 saturated heterocycles. The van der Waals surface area contributed by atoms with Crippen molar-refractivity contribution in [2.45, 2.75) is 13.8 Å². The SMILES string of the molecule is CNc1nnc(-c2ccc(F)cc2F)c(C)c1C. The second-order valence-electron chi connectivity index (χ2n) is 4.02. The first-order valence-corrected chi connectivity index (χ1v) is 5.51. The van der Waals surface area contributed by atoms with Crippen molar-refractivity contribution in [1.29, 1.82) is 0 Å². The molecule has 18 heavy (non-hydrogen) atoms. The van der Waals surface area contributed by atoms with E-state index in [1.165, 1.54) is 12.1 Å². The number of hydrogen-bond acceptors (Lipinski definition) is 3. The third-order valence-corrected chi connectivity index (χ3v) is 2.95. The van der Waals surface area contributed by atoms with Crippen LogP contribution in [-0.4, -0.2) is 17.2 Å². The van der Waals surface area contributed by atoms with Crippen molar-refractivity contribution in [3.63, 3.8) is 0 Å². The maximum absolute atomic E-state index is 13.7. The van der Waals surface area contributed by atoms with E-state index in [1.54, 1.807) is 7.05 Å². The Labute approximate surface area is 104 Å². The topological polar surface area (TPSA) is 37.8 Å². The van der Waals surface area contributed by atoms with Crippen molar-refractivity contribution in [3.05, 3.63) is 41.0 Å². The van der Waals surface area contributed by atoms with E-state index in [-0.39, 0.29) is 5.56 Å². The Balaban J connectivity index is 2.61. The lowest BCUT2D eigenvalue weighted by Crippen LogP contribution is -2.03. The molecule has 0 radical (unpaired) electrons. The number of aromatic nitrogens is 2. The molecule has 0 atom stereocenters. The lowest BCUT2D eigenvalue weighted by atomic mass is 10.0. The minimum absolute atomic E-state index is 0.257. The van der Waals surface area contributed by atoms with Crippen molar-refractivity contribution in [3.8, 4) is 11.3 Å². The monoisotopic (exact) mass is 249 g/mol. The number of anilines is 1. The van der Waals surface area contributed by atoms with Crippen LogP contribution in [-0.2, 0) is 0 Å². The van der Waals surface area contributed by atoms with Crippen molar-refractivity contribution in [2.75, 3.05) is 12.4 Å². The van der Waals surface area contributed by atoms with Gasteiger partial charge in [-0.3, -0.25) is 0 Å². The average molecular weight is 249 g/mol. The van der Waals surface area contributed by atoms with Crippen molar-refractivity contribution in [2.24, 2.45) is 0 Å². The van der Waals surface area contributed by atoms with Gasteiger partial charge in [0.2, 0.25) is 0 Å². The van der Waals surface area contributed by atoms with Crippen molar-refractivity contribution >= 4 is 5.82 Å². The quantitative estimate of drug-likeness (QED) is 0.888. The summed E-state index contributed by atoms with van der Waals surface area (Å²) in [5.41, 5.74) is 2.40. The highest BCUT2D eigenvalue weighted by atomic mass is 19.1. The zero-order valence-electron chi connectivity index (χ0n) is 10.4. The van der Waals surface area contributed by atoms with Crippen LogP contribution in [0, 0.1) is 25.5 Å². The summed E-state index contributed by atoms with van der Waals surface area (Å²) in [6.07, 6.45) is 0. The van der Waals surface area contributed by atoms with Crippen LogP contribution in [0.3, 0.4) is 0 Å². The smallest absolute Gasteiger partial charge is 0.151 e. The molecule has 1 N–H and O–H groups in total. The maximum atomic E-state index is 13.7. The predicted molar refractivity (Wildman–Crippen MR) is 66.4 cm³/mol.